The highest BCUT2D eigenvalue weighted by Gasteiger charge is 2.69. The first-order chi connectivity index (χ1) is 22.3. The van der Waals surface area contributed by atoms with Gasteiger partial charge in [0.15, 0.2) is 6.61 Å². The lowest BCUT2D eigenvalue weighted by Crippen LogP contribution is -2.42. The lowest BCUT2D eigenvalue weighted by molar-refractivity contribution is -0.123. The van der Waals surface area contributed by atoms with Crippen molar-refractivity contribution in [3.8, 4) is 11.5 Å². The predicted molar refractivity (Wildman–Crippen MR) is 179 cm³/mol. The second-order valence-corrected chi connectivity index (χ2v) is 15.2. The molecule has 3 aromatic carbocycles. The third kappa shape index (κ3) is 4.72. The second kappa shape index (κ2) is 11.4. The molecule has 9 nitrogen and oxygen atoms in total. The number of aromatic amines is 1. The van der Waals surface area contributed by atoms with Gasteiger partial charge in [-0.25, -0.2) is 0 Å². The highest BCUT2D eigenvalue weighted by atomic mass is 79.9. The fourth-order valence-corrected chi connectivity index (χ4v) is 11.4. The van der Waals surface area contributed by atoms with E-state index in [9.17, 15) is 19.2 Å². The number of aromatic nitrogens is 1. The number of anilines is 2. The molecule has 234 valence electrons. The Kier molecular flexibility index (Phi) is 7.34. The molecule has 2 bridgehead atoms. The molecule has 2 aliphatic heterocycles. The molecule has 0 radical (unpaired) electrons. The van der Waals surface area contributed by atoms with E-state index in [2.05, 4.69) is 26.2 Å². The van der Waals surface area contributed by atoms with Crippen molar-refractivity contribution >= 4 is 68.1 Å². The Bertz CT molecular complexity index is 1930. The van der Waals surface area contributed by atoms with Crippen LogP contribution in [0.25, 0.3) is 0 Å². The second-order valence-electron chi connectivity index (χ2n) is 12.1. The number of carbonyl (C=O) groups excluding carboxylic acids is 3. The molecule has 3 amide bonds. The van der Waals surface area contributed by atoms with Crippen molar-refractivity contribution in [3.05, 3.63) is 97.4 Å². The number of thioether (sulfide) groups is 1. The first-order valence-corrected chi connectivity index (χ1v) is 17.5. The molecule has 4 aromatic rings. The summed E-state index contributed by atoms with van der Waals surface area (Å²) in [5, 5.41) is 3.70. The van der Waals surface area contributed by atoms with E-state index < -0.39 is 5.92 Å². The number of benzene rings is 3. The number of fused-ring (bicyclic) bond motifs is 9. The Hall–Kier alpha value is -3.87. The van der Waals surface area contributed by atoms with Gasteiger partial charge < -0.3 is 19.8 Å². The van der Waals surface area contributed by atoms with Crippen molar-refractivity contribution in [3.63, 3.8) is 0 Å². The molecule has 12 heteroatoms. The topological polar surface area (TPSA) is 118 Å². The number of thiazole rings is 1. The highest BCUT2D eigenvalue weighted by molar-refractivity contribution is 9.10. The number of hydrogen-bond donors (Lipinski definition) is 2. The number of nitrogens with zero attached hydrogens (tertiary/aromatic N) is 1. The zero-order valence-electron chi connectivity index (χ0n) is 24.5. The molecular formula is C34H28BrN3O6S2. The van der Waals surface area contributed by atoms with Crippen molar-refractivity contribution < 1.29 is 23.9 Å². The standard InChI is InChI=1S/C34H28BrN3O6S2/c1-43-19-10-8-17(9-11-19)36-24(39)15-44-23-12-7-16(35)13-20(23)25-26-21-14-22(29(26)45-31-30(25)46-34(42)37-31)28-27(21)32(40)38(33(28)41)18-5-3-2-4-6-18/h2-13,21-22,25-29H,14-15H2,1H3,(H,36,39)(H,37,42)/t21?,22?,25-,26?,27?,28?,29?/m1/s1. The molecule has 0 spiro atoms. The van der Waals surface area contributed by atoms with Gasteiger partial charge in [-0.2, -0.15) is 0 Å². The fraction of sp³-hybridized carbons (Fsp3) is 0.294. The van der Waals surface area contributed by atoms with Gasteiger partial charge in [0.2, 0.25) is 11.8 Å². The molecule has 1 saturated heterocycles. The van der Waals surface area contributed by atoms with Crippen molar-refractivity contribution in [1.29, 1.82) is 0 Å². The Morgan fingerprint density at radius 2 is 1.74 bits per heavy atom. The van der Waals surface area contributed by atoms with Crippen molar-refractivity contribution in [1.82, 2.24) is 4.98 Å². The summed E-state index contributed by atoms with van der Waals surface area (Å²) < 4.78 is 12.2. The Balaban J connectivity index is 1.13. The number of halogens is 1. The van der Waals surface area contributed by atoms with Gasteiger partial charge >= 0.3 is 4.87 Å². The van der Waals surface area contributed by atoms with Crippen molar-refractivity contribution in [2.24, 2.45) is 29.6 Å². The smallest absolute Gasteiger partial charge is 0.305 e. The molecule has 46 heavy (non-hydrogen) atoms. The maximum atomic E-state index is 14.0. The molecule has 1 aromatic heterocycles. The summed E-state index contributed by atoms with van der Waals surface area (Å²) >= 11 is 6.45. The van der Waals surface area contributed by atoms with E-state index in [0.29, 0.717) is 22.9 Å². The maximum absolute atomic E-state index is 14.0. The van der Waals surface area contributed by atoms with Crippen LogP contribution < -0.4 is 24.6 Å². The van der Waals surface area contributed by atoms with E-state index in [4.69, 9.17) is 9.47 Å². The molecule has 2 saturated carbocycles. The average molecular weight is 719 g/mol. The van der Waals surface area contributed by atoms with Crippen molar-refractivity contribution in [2.45, 2.75) is 22.6 Å². The van der Waals surface area contributed by atoms with Crippen LogP contribution in [0, 0.1) is 29.6 Å². The summed E-state index contributed by atoms with van der Waals surface area (Å²) in [6.07, 6.45) is 0.780. The SMILES string of the molecule is COc1ccc(NC(=O)COc2ccc(Br)cc2[C@H]2c3sc(=O)[nH]c3SC3C4CC(C5C(=O)N(c6ccccc6)C(=O)C45)C32)cc1. The molecule has 3 fully saturated rings. The van der Waals surface area contributed by atoms with Gasteiger partial charge in [-0.3, -0.25) is 24.1 Å². The van der Waals surface area contributed by atoms with Gasteiger partial charge in [0.05, 0.1) is 29.7 Å². The lowest BCUT2D eigenvalue weighted by atomic mass is 9.68. The number of rotatable bonds is 7. The fourth-order valence-electron chi connectivity index (χ4n) is 8.11. The zero-order chi connectivity index (χ0) is 31.7. The number of methoxy groups -OCH3 is 1. The third-order valence-electron chi connectivity index (χ3n) is 9.78. The summed E-state index contributed by atoms with van der Waals surface area (Å²) in [6, 6.07) is 21.9. The largest absolute Gasteiger partial charge is 0.497 e. The third-order valence-corrected chi connectivity index (χ3v) is 12.9. The number of hydrogen-bond acceptors (Lipinski definition) is 8. The molecule has 3 heterocycles. The Morgan fingerprint density at radius 1 is 1.00 bits per heavy atom. The van der Waals surface area contributed by atoms with Crippen LogP contribution in [0.3, 0.4) is 0 Å². The number of H-pyrrole nitrogens is 1. The first-order valence-electron chi connectivity index (χ1n) is 15.0. The number of imide groups is 1. The van der Waals surface area contributed by atoms with Gasteiger partial charge in [0, 0.05) is 31.8 Å². The molecular weight excluding hydrogens is 690 g/mol. The minimum Gasteiger partial charge on any atom is -0.497 e. The predicted octanol–water partition coefficient (Wildman–Crippen LogP) is 5.90. The van der Waals surface area contributed by atoms with E-state index in [0.717, 1.165) is 26.4 Å². The quantitative estimate of drug-likeness (QED) is 0.229. The van der Waals surface area contributed by atoms with Gasteiger partial charge in [-0.15, -0.1) is 11.8 Å². The number of ether oxygens (including phenoxy) is 2. The molecule has 2 N–H and O–H groups in total. The van der Waals surface area contributed by atoms with Crippen LogP contribution in [0.15, 0.2) is 87.1 Å². The normalized spacial score (nSPS) is 27.3. The minimum atomic E-state index is -0.411. The van der Waals surface area contributed by atoms with Crippen LogP contribution in [0.2, 0.25) is 0 Å². The van der Waals surface area contributed by atoms with Crippen LogP contribution in [0.5, 0.6) is 11.5 Å². The summed E-state index contributed by atoms with van der Waals surface area (Å²) in [5.41, 5.74) is 2.08. The molecule has 6 unspecified atom stereocenters. The van der Waals surface area contributed by atoms with E-state index in [1.165, 1.54) is 16.2 Å². The van der Waals surface area contributed by atoms with Crippen LogP contribution in [-0.2, 0) is 14.4 Å². The molecule has 8 rings (SSSR count). The zero-order valence-corrected chi connectivity index (χ0v) is 27.7. The maximum Gasteiger partial charge on any atom is 0.305 e. The van der Waals surface area contributed by atoms with Crippen molar-refractivity contribution in [2.75, 3.05) is 23.9 Å². The van der Waals surface area contributed by atoms with Crippen LogP contribution >= 0.6 is 39.0 Å². The summed E-state index contributed by atoms with van der Waals surface area (Å²) in [5.74, 6) is -0.444. The van der Waals surface area contributed by atoms with E-state index in [1.807, 2.05) is 48.5 Å². The highest BCUT2D eigenvalue weighted by Crippen LogP contribution is 2.69. The molecule has 7 atom stereocenters. The van der Waals surface area contributed by atoms with Gasteiger partial charge in [0.1, 0.15) is 11.5 Å². The van der Waals surface area contributed by atoms with Crippen LogP contribution in [0.1, 0.15) is 22.8 Å². The monoisotopic (exact) mass is 717 g/mol. The molecule has 4 aliphatic rings. The van der Waals surface area contributed by atoms with Gasteiger partial charge in [0.25, 0.3) is 5.91 Å². The summed E-state index contributed by atoms with van der Waals surface area (Å²) in [6.45, 7) is -0.220. The average Bonchev–Trinajstić information content (AvgIpc) is 3.80. The van der Waals surface area contributed by atoms with Gasteiger partial charge in [-0.1, -0.05) is 45.5 Å². The summed E-state index contributed by atoms with van der Waals surface area (Å²) in [4.78, 5) is 58.7. The van der Waals surface area contributed by atoms with E-state index >= 15 is 0 Å². The lowest BCUT2D eigenvalue weighted by Gasteiger charge is -2.43. The van der Waals surface area contributed by atoms with E-state index in [1.54, 1.807) is 43.1 Å². The van der Waals surface area contributed by atoms with Crippen LogP contribution in [-0.4, -0.2) is 41.7 Å². The molecule has 2 aliphatic carbocycles. The first kappa shape index (κ1) is 29.5. The van der Waals surface area contributed by atoms with E-state index in [-0.39, 0.29) is 64.0 Å². The summed E-state index contributed by atoms with van der Waals surface area (Å²) in [7, 11) is 1.58. The number of amides is 3. The van der Waals surface area contributed by atoms with Gasteiger partial charge in [-0.05, 0) is 78.8 Å². The number of carbonyl (C=O) groups is 3. The Labute approximate surface area is 280 Å². The Morgan fingerprint density at radius 3 is 2.48 bits per heavy atom. The van der Waals surface area contributed by atoms with Crippen LogP contribution in [0.4, 0.5) is 11.4 Å². The number of para-hydroxylation sites is 1. The number of nitrogens with one attached hydrogen (secondary N) is 2. The minimum absolute atomic E-state index is 0.000935.